The molecule has 2 amide bonds. The van der Waals surface area contributed by atoms with Crippen LogP contribution in [0.5, 0.6) is 0 Å². The molecule has 0 aliphatic heterocycles. The molecular weight excluding hydrogens is 341 g/mol. The first kappa shape index (κ1) is 17.5. The summed E-state index contributed by atoms with van der Waals surface area (Å²) in [6.45, 7) is -0.0560. The summed E-state index contributed by atoms with van der Waals surface area (Å²) in [5, 5.41) is 4.99. The lowest BCUT2D eigenvalue weighted by Gasteiger charge is -2.34. The Morgan fingerprint density at radius 2 is 2.08 bits per heavy atom. The number of anilines is 1. The molecule has 1 saturated carbocycles. The molecule has 0 spiro atoms. The molecule has 1 aliphatic rings. The van der Waals surface area contributed by atoms with Gasteiger partial charge in [-0.15, -0.1) is 11.3 Å². The molecule has 0 saturated heterocycles. The predicted molar refractivity (Wildman–Crippen MR) is 95.1 cm³/mol. The largest absolute Gasteiger partial charge is 0.326 e. The van der Waals surface area contributed by atoms with Crippen molar-refractivity contribution in [3.05, 3.63) is 47.2 Å². The molecule has 132 valence electrons. The number of carbonyl (C=O) groups is 2. The first-order valence-corrected chi connectivity index (χ1v) is 9.27. The molecule has 1 aromatic carbocycles. The summed E-state index contributed by atoms with van der Waals surface area (Å²) in [6, 6.07) is 5.62. The SMILES string of the molecule is O=C(CN(C(=O)c1cccc(F)c1)C1CCCCC1)Nc1nccs1. The molecule has 1 heterocycles. The van der Waals surface area contributed by atoms with E-state index in [9.17, 15) is 14.0 Å². The van der Waals surface area contributed by atoms with Gasteiger partial charge in [0.2, 0.25) is 5.91 Å². The van der Waals surface area contributed by atoms with Crippen LogP contribution in [0.4, 0.5) is 9.52 Å². The minimum atomic E-state index is -0.457. The topological polar surface area (TPSA) is 62.3 Å². The molecule has 5 nitrogen and oxygen atoms in total. The van der Waals surface area contributed by atoms with Gasteiger partial charge in [0.25, 0.3) is 5.91 Å². The number of benzene rings is 1. The zero-order valence-electron chi connectivity index (χ0n) is 13.8. The van der Waals surface area contributed by atoms with E-state index in [4.69, 9.17) is 0 Å². The number of hydrogen-bond donors (Lipinski definition) is 1. The Morgan fingerprint density at radius 1 is 1.28 bits per heavy atom. The molecule has 7 heteroatoms. The number of rotatable bonds is 5. The maximum atomic E-state index is 13.5. The van der Waals surface area contributed by atoms with E-state index in [1.54, 1.807) is 22.5 Å². The van der Waals surface area contributed by atoms with Gasteiger partial charge < -0.3 is 10.2 Å². The molecular formula is C18H20FN3O2S. The Labute approximate surface area is 149 Å². The molecule has 1 N–H and O–H groups in total. The van der Waals surface area contributed by atoms with Crippen LogP contribution in [0.3, 0.4) is 0 Å². The fraction of sp³-hybridized carbons (Fsp3) is 0.389. The quantitative estimate of drug-likeness (QED) is 0.883. The first-order chi connectivity index (χ1) is 12.1. The summed E-state index contributed by atoms with van der Waals surface area (Å²) < 4.78 is 13.5. The molecule has 1 aromatic heterocycles. The molecule has 1 fully saturated rings. The van der Waals surface area contributed by atoms with Crippen LogP contribution in [0.15, 0.2) is 35.8 Å². The van der Waals surface area contributed by atoms with E-state index in [-0.39, 0.29) is 30.0 Å². The fourth-order valence-corrected chi connectivity index (χ4v) is 3.69. The van der Waals surface area contributed by atoms with Crippen LogP contribution in [-0.4, -0.2) is 34.3 Å². The number of carbonyl (C=O) groups excluding carboxylic acids is 2. The van der Waals surface area contributed by atoms with Gasteiger partial charge in [0.1, 0.15) is 12.4 Å². The smallest absolute Gasteiger partial charge is 0.254 e. The highest BCUT2D eigenvalue weighted by Gasteiger charge is 2.28. The lowest BCUT2D eigenvalue weighted by atomic mass is 9.93. The summed E-state index contributed by atoms with van der Waals surface area (Å²) in [7, 11) is 0. The molecule has 0 radical (unpaired) electrons. The molecule has 2 aromatic rings. The van der Waals surface area contributed by atoms with E-state index in [1.807, 2.05) is 0 Å². The van der Waals surface area contributed by atoms with Gasteiger partial charge >= 0.3 is 0 Å². The van der Waals surface area contributed by atoms with Crippen molar-refractivity contribution in [1.82, 2.24) is 9.88 Å². The van der Waals surface area contributed by atoms with Crippen LogP contribution in [0, 0.1) is 5.82 Å². The zero-order valence-corrected chi connectivity index (χ0v) is 14.6. The molecule has 0 bridgehead atoms. The number of nitrogens with zero attached hydrogens (tertiary/aromatic N) is 2. The van der Waals surface area contributed by atoms with Crippen molar-refractivity contribution in [2.75, 3.05) is 11.9 Å². The average molecular weight is 361 g/mol. The number of nitrogens with one attached hydrogen (secondary N) is 1. The van der Waals surface area contributed by atoms with E-state index < -0.39 is 5.82 Å². The monoisotopic (exact) mass is 361 g/mol. The Morgan fingerprint density at radius 3 is 2.76 bits per heavy atom. The van der Waals surface area contributed by atoms with Crippen molar-refractivity contribution in [2.24, 2.45) is 0 Å². The minimum Gasteiger partial charge on any atom is -0.326 e. The Bertz CT molecular complexity index is 730. The van der Waals surface area contributed by atoms with Gasteiger partial charge in [-0.3, -0.25) is 9.59 Å². The summed E-state index contributed by atoms with van der Waals surface area (Å²) >= 11 is 1.32. The van der Waals surface area contributed by atoms with Crippen molar-refractivity contribution in [1.29, 1.82) is 0 Å². The van der Waals surface area contributed by atoms with Crippen molar-refractivity contribution in [3.63, 3.8) is 0 Å². The normalized spacial score (nSPS) is 14.9. The van der Waals surface area contributed by atoms with E-state index in [0.29, 0.717) is 5.13 Å². The third kappa shape index (κ3) is 4.63. The number of hydrogen-bond acceptors (Lipinski definition) is 4. The van der Waals surface area contributed by atoms with Crippen molar-refractivity contribution < 1.29 is 14.0 Å². The molecule has 25 heavy (non-hydrogen) atoms. The van der Waals surface area contributed by atoms with E-state index in [1.165, 1.54) is 29.5 Å². The van der Waals surface area contributed by atoms with Gasteiger partial charge in [-0.05, 0) is 31.0 Å². The minimum absolute atomic E-state index is 0.00608. The highest BCUT2D eigenvalue weighted by molar-refractivity contribution is 7.13. The van der Waals surface area contributed by atoms with E-state index in [2.05, 4.69) is 10.3 Å². The summed E-state index contributed by atoms with van der Waals surface area (Å²) in [6.07, 6.45) is 6.55. The van der Waals surface area contributed by atoms with Crippen molar-refractivity contribution in [2.45, 2.75) is 38.1 Å². The average Bonchev–Trinajstić information content (AvgIpc) is 3.13. The Hall–Kier alpha value is -2.28. The van der Waals surface area contributed by atoms with Crippen LogP contribution in [0.1, 0.15) is 42.5 Å². The third-order valence-corrected chi connectivity index (χ3v) is 5.03. The van der Waals surface area contributed by atoms with Gasteiger partial charge in [-0.25, -0.2) is 9.37 Å². The maximum absolute atomic E-state index is 13.5. The van der Waals surface area contributed by atoms with Crippen molar-refractivity contribution in [3.8, 4) is 0 Å². The zero-order chi connectivity index (χ0) is 17.6. The molecule has 3 rings (SSSR count). The maximum Gasteiger partial charge on any atom is 0.254 e. The highest BCUT2D eigenvalue weighted by atomic mass is 32.1. The second-order valence-electron chi connectivity index (χ2n) is 6.12. The summed E-state index contributed by atoms with van der Waals surface area (Å²) in [4.78, 5) is 30.9. The second kappa shape index (κ2) is 8.20. The lowest BCUT2D eigenvalue weighted by Crippen LogP contribution is -2.45. The number of aromatic nitrogens is 1. The Kier molecular flexibility index (Phi) is 5.75. The van der Waals surface area contributed by atoms with Crippen molar-refractivity contribution >= 4 is 28.3 Å². The van der Waals surface area contributed by atoms with Crippen LogP contribution in [0.2, 0.25) is 0 Å². The van der Waals surface area contributed by atoms with Gasteiger partial charge in [0.05, 0.1) is 0 Å². The number of amides is 2. The first-order valence-electron chi connectivity index (χ1n) is 8.39. The van der Waals surface area contributed by atoms with Gasteiger partial charge in [0, 0.05) is 23.2 Å². The molecule has 0 atom stereocenters. The Balaban J connectivity index is 1.76. The van der Waals surface area contributed by atoms with Gasteiger partial charge in [0.15, 0.2) is 5.13 Å². The molecule has 1 aliphatic carbocycles. The van der Waals surface area contributed by atoms with Crippen LogP contribution in [-0.2, 0) is 4.79 Å². The summed E-state index contributed by atoms with van der Waals surface area (Å²) in [5.41, 5.74) is 0.271. The van der Waals surface area contributed by atoms with Crippen LogP contribution < -0.4 is 5.32 Å². The third-order valence-electron chi connectivity index (χ3n) is 4.34. The fourth-order valence-electron chi connectivity index (χ4n) is 3.15. The number of halogens is 1. The highest BCUT2D eigenvalue weighted by Crippen LogP contribution is 2.24. The van der Waals surface area contributed by atoms with E-state index >= 15 is 0 Å². The van der Waals surface area contributed by atoms with Gasteiger partial charge in [-0.1, -0.05) is 25.3 Å². The second-order valence-corrected chi connectivity index (χ2v) is 7.02. The van der Waals surface area contributed by atoms with Crippen LogP contribution in [0.25, 0.3) is 0 Å². The predicted octanol–water partition coefficient (Wildman–Crippen LogP) is 3.70. The van der Waals surface area contributed by atoms with Gasteiger partial charge in [-0.2, -0.15) is 0 Å². The van der Waals surface area contributed by atoms with E-state index in [0.717, 1.165) is 32.1 Å². The molecule has 0 unspecified atom stereocenters. The lowest BCUT2D eigenvalue weighted by molar-refractivity contribution is -0.117. The number of thiazole rings is 1. The van der Waals surface area contributed by atoms with Crippen LogP contribution >= 0.6 is 11.3 Å². The standard InChI is InChI=1S/C18H20FN3O2S/c19-14-6-4-5-13(11-14)17(24)22(15-7-2-1-3-8-15)12-16(23)21-18-20-9-10-25-18/h4-6,9-11,15H,1-3,7-8,12H2,(H,20,21,23). The summed E-state index contributed by atoms with van der Waals surface area (Å²) in [5.74, 6) is -1.05.